The predicted octanol–water partition coefficient (Wildman–Crippen LogP) is 4.59. The van der Waals surface area contributed by atoms with Crippen LogP contribution in [0.2, 0.25) is 0 Å². The Morgan fingerprint density at radius 3 is 2.54 bits per heavy atom. The second-order valence-electron chi connectivity index (χ2n) is 8.18. The van der Waals surface area contributed by atoms with Gasteiger partial charge in [0.05, 0.1) is 17.6 Å². The van der Waals surface area contributed by atoms with Gasteiger partial charge in [0, 0.05) is 18.2 Å². The normalized spacial score (nSPS) is 15.9. The van der Waals surface area contributed by atoms with Gasteiger partial charge in [-0.1, -0.05) is 20.3 Å². The van der Waals surface area contributed by atoms with Gasteiger partial charge in [-0.3, -0.25) is 9.69 Å². The molecule has 1 aromatic heterocycles. The van der Waals surface area contributed by atoms with E-state index in [1.54, 1.807) is 0 Å². The van der Waals surface area contributed by atoms with Crippen LogP contribution in [0.3, 0.4) is 0 Å². The Morgan fingerprint density at radius 1 is 1.15 bits per heavy atom. The van der Waals surface area contributed by atoms with Gasteiger partial charge in [-0.2, -0.15) is 0 Å². The van der Waals surface area contributed by atoms with Crippen molar-refractivity contribution in [2.45, 2.75) is 66.0 Å². The largest absolute Gasteiger partial charge is 0.326 e. The lowest BCUT2D eigenvalue weighted by atomic mass is 10.1. The lowest BCUT2D eigenvalue weighted by Gasteiger charge is -2.26. The number of amides is 1. The number of nitrogens with zero attached hydrogens (tertiary/aromatic N) is 3. The zero-order chi connectivity index (χ0) is 18.7. The predicted molar refractivity (Wildman–Crippen MR) is 107 cm³/mol. The molecule has 1 N–H and O–H groups in total. The summed E-state index contributed by atoms with van der Waals surface area (Å²) in [6, 6.07) is 6.45. The number of carbonyl (C=O) groups is 1. The number of hydrogen-bond acceptors (Lipinski definition) is 3. The summed E-state index contributed by atoms with van der Waals surface area (Å²) in [7, 11) is 0. The third-order valence-electron chi connectivity index (χ3n) is 4.97. The maximum absolute atomic E-state index is 12.1. The molecule has 26 heavy (non-hydrogen) atoms. The monoisotopic (exact) mass is 356 g/mol. The molecule has 3 rings (SSSR count). The zero-order valence-corrected chi connectivity index (χ0v) is 16.6. The van der Waals surface area contributed by atoms with Gasteiger partial charge in [0.15, 0.2) is 0 Å². The number of imidazole rings is 1. The maximum atomic E-state index is 12.1. The van der Waals surface area contributed by atoms with E-state index in [4.69, 9.17) is 4.98 Å². The molecule has 0 saturated carbocycles. The highest BCUT2D eigenvalue weighted by molar-refractivity contribution is 5.93. The van der Waals surface area contributed by atoms with Gasteiger partial charge < -0.3 is 9.88 Å². The van der Waals surface area contributed by atoms with Crippen LogP contribution in [0.5, 0.6) is 0 Å². The third-order valence-corrected chi connectivity index (χ3v) is 4.97. The van der Waals surface area contributed by atoms with Gasteiger partial charge in [0.25, 0.3) is 0 Å². The number of carbonyl (C=O) groups excluding carboxylic acids is 1. The highest BCUT2D eigenvalue weighted by atomic mass is 16.1. The molecular formula is C21H32N4O. The molecule has 2 heterocycles. The van der Waals surface area contributed by atoms with E-state index >= 15 is 0 Å². The summed E-state index contributed by atoms with van der Waals surface area (Å²) in [5, 5.41) is 3.01. The quantitative estimate of drug-likeness (QED) is 0.824. The van der Waals surface area contributed by atoms with E-state index in [1.165, 1.54) is 19.3 Å². The van der Waals surface area contributed by atoms with E-state index in [0.717, 1.165) is 42.2 Å². The Labute approximate surface area is 156 Å². The van der Waals surface area contributed by atoms with Gasteiger partial charge in [-0.25, -0.2) is 4.98 Å². The number of rotatable bonds is 6. The number of piperidine rings is 1. The first-order chi connectivity index (χ1) is 12.4. The molecule has 1 saturated heterocycles. The molecule has 0 spiro atoms. The summed E-state index contributed by atoms with van der Waals surface area (Å²) in [6.45, 7) is 11.8. The fourth-order valence-corrected chi connectivity index (χ4v) is 3.81. The fourth-order valence-electron chi connectivity index (χ4n) is 3.81. The first-order valence-corrected chi connectivity index (χ1v) is 9.97. The van der Waals surface area contributed by atoms with Crippen molar-refractivity contribution >= 4 is 22.6 Å². The fraction of sp³-hybridized carbons (Fsp3) is 0.619. The second kappa shape index (κ2) is 8.21. The van der Waals surface area contributed by atoms with E-state index in [2.05, 4.69) is 48.5 Å². The molecule has 0 radical (unpaired) electrons. The molecule has 1 aromatic carbocycles. The van der Waals surface area contributed by atoms with Crippen LogP contribution in [-0.4, -0.2) is 33.4 Å². The molecule has 1 fully saturated rings. The van der Waals surface area contributed by atoms with Crippen LogP contribution in [-0.2, 0) is 11.3 Å². The van der Waals surface area contributed by atoms with Crippen LogP contribution in [0.25, 0.3) is 11.0 Å². The van der Waals surface area contributed by atoms with Crippen LogP contribution in [0.15, 0.2) is 18.2 Å². The van der Waals surface area contributed by atoms with E-state index in [1.807, 2.05) is 12.1 Å². The SMILES string of the molecule is CC(C)CC(=O)Nc1ccc2c(c1)nc(CN1CCCCC1)n2C(C)C. The summed E-state index contributed by atoms with van der Waals surface area (Å²) in [6.07, 6.45) is 4.46. The molecular weight excluding hydrogens is 324 g/mol. The first-order valence-electron chi connectivity index (χ1n) is 9.97. The molecule has 0 unspecified atom stereocenters. The van der Waals surface area contributed by atoms with Gasteiger partial charge in [-0.05, 0) is 63.9 Å². The van der Waals surface area contributed by atoms with Crippen LogP contribution < -0.4 is 5.32 Å². The summed E-state index contributed by atoms with van der Waals surface area (Å²) in [5.41, 5.74) is 2.95. The highest BCUT2D eigenvalue weighted by Crippen LogP contribution is 2.26. The number of nitrogens with one attached hydrogen (secondary N) is 1. The molecule has 1 aliphatic heterocycles. The van der Waals surface area contributed by atoms with Gasteiger partial charge in [0.2, 0.25) is 5.91 Å². The number of likely N-dealkylation sites (tertiary alicyclic amines) is 1. The Hall–Kier alpha value is -1.88. The average Bonchev–Trinajstić information content (AvgIpc) is 2.92. The minimum atomic E-state index is 0.0659. The summed E-state index contributed by atoms with van der Waals surface area (Å²) in [5.74, 6) is 1.55. The lowest BCUT2D eigenvalue weighted by Crippen LogP contribution is -2.30. The summed E-state index contributed by atoms with van der Waals surface area (Å²) >= 11 is 0. The van der Waals surface area contributed by atoms with Crippen LogP contribution >= 0.6 is 0 Å². The smallest absolute Gasteiger partial charge is 0.224 e. The summed E-state index contributed by atoms with van der Waals surface area (Å²) < 4.78 is 2.34. The van der Waals surface area contributed by atoms with Crippen molar-refractivity contribution in [3.63, 3.8) is 0 Å². The third kappa shape index (κ3) is 4.44. The molecule has 1 amide bonds. The molecule has 0 atom stereocenters. The van der Waals surface area contributed by atoms with Crippen LogP contribution in [0, 0.1) is 5.92 Å². The molecule has 1 aliphatic rings. The second-order valence-corrected chi connectivity index (χ2v) is 8.18. The number of aromatic nitrogens is 2. The van der Waals surface area contributed by atoms with Gasteiger partial charge >= 0.3 is 0 Å². The zero-order valence-electron chi connectivity index (χ0n) is 16.6. The Kier molecular flexibility index (Phi) is 5.97. The van der Waals surface area contributed by atoms with E-state index in [0.29, 0.717) is 18.4 Å². The molecule has 0 bridgehead atoms. The van der Waals surface area contributed by atoms with Crippen molar-refractivity contribution in [1.29, 1.82) is 0 Å². The standard InChI is InChI=1S/C21H32N4O/c1-15(2)12-21(26)22-17-8-9-19-18(13-17)23-20(25(19)16(3)4)14-24-10-6-5-7-11-24/h8-9,13,15-16H,5-7,10-12,14H2,1-4H3,(H,22,26). The molecule has 2 aromatic rings. The van der Waals surface area contributed by atoms with Gasteiger partial charge in [0.1, 0.15) is 5.82 Å². The molecule has 5 nitrogen and oxygen atoms in total. The van der Waals surface area contributed by atoms with E-state index < -0.39 is 0 Å². The van der Waals surface area contributed by atoms with E-state index in [-0.39, 0.29) is 5.91 Å². The number of fused-ring (bicyclic) bond motifs is 1. The Bertz CT molecular complexity index is 757. The maximum Gasteiger partial charge on any atom is 0.224 e. The summed E-state index contributed by atoms with van der Waals surface area (Å²) in [4.78, 5) is 19.5. The van der Waals surface area contributed by atoms with Crippen LogP contribution in [0.1, 0.15) is 65.2 Å². The minimum Gasteiger partial charge on any atom is -0.326 e. The van der Waals surface area contributed by atoms with Crippen LogP contribution in [0.4, 0.5) is 5.69 Å². The van der Waals surface area contributed by atoms with E-state index in [9.17, 15) is 4.79 Å². The highest BCUT2D eigenvalue weighted by Gasteiger charge is 2.18. The molecule has 5 heteroatoms. The van der Waals surface area contributed by atoms with Crippen molar-refractivity contribution in [2.75, 3.05) is 18.4 Å². The van der Waals surface area contributed by atoms with Crippen molar-refractivity contribution < 1.29 is 4.79 Å². The van der Waals surface area contributed by atoms with Crippen molar-refractivity contribution in [3.8, 4) is 0 Å². The molecule has 0 aliphatic carbocycles. The Balaban J connectivity index is 1.85. The van der Waals surface area contributed by atoms with Crippen molar-refractivity contribution in [3.05, 3.63) is 24.0 Å². The Morgan fingerprint density at radius 2 is 1.88 bits per heavy atom. The van der Waals surface area contributed by atoms with Gasteiger partial charge in [-0.15, -0.1) is 0 Å². The topological polar surface area (TPSA) is 50.2 Å². The molecule has 142 valence electrons. The first kappa shape index (κ1) is 18.9. The number of hydrogen-bond donors (Lipinski definition) is 1. The lowest BCUT2D eigenvalue weighted by molar-refractivity contribution is -0.116. The van der Waals surface area contributed by atoms with Crippen molar-refractivity contribution in [1.82, 2.24) is 14.5 Å². The van der Waals surface area contributed by atoms with Crippen molar-refractivity contribution in [2.24, 2.45) is 5.92 Å². The number of anilines is 1. The average molecular weight is 357 g/mol. The minimum absolute atomic E-state index is 0.0659. The number of benzene rings is 1.